The lowest BCUT2D eigenvalue weighted by molar-refractivity contribution is 0.0209. The van der Waals surface area contributed by atoms with Crippen molar-refractivity contribution in [1.29, 1.82) is 0 Å². The van der Waals surface area contributed by atoms with Crippen LogP contribution >= 0.6 is 0 Å². The molecule has 1 atom stereocenters. The van der Waals surface area contributed by atoms with Gasteiger partial charge in [-0.1, -0.05) is 30.3 Å². The van der Waals surface area contributed by atoms with E-state index in [9.17, 15) is 4.79 Å². The number of nitrogens with zero attached hydrogens (tertiary/aromatic N) is 3. The number of hydrogen-bond donors (Lipinski definition) is 2. The summed E-state index contributed by atoms with van der Waals surface area (Å²) >= 11 is 0. The molecule has 0 aliphatic carbocycles. The Bertz CT molecular complexity index is 769. The highest BCUT2D eigenvalue weighted by atomic mass is 16.5. The predicted octanol–water partition coefficient (Wildman–Crippen LogP) is 2.07. The summed E-state index contributed by atoms with van der Waals surface area (Å²) in [4.78, 5) is 14.6. The highest BCUT2D eigenvalue weighted by Crippen LogP contribution is 2.14. The molecule has 0 radical (unpaired) electrons. The maximum atomic E-state index is 12.2. The number of aromatic nitrogens is 2. The number of carbonyl (C=O) groups is 1. The first-order chi connectivity index (χ1) is 13.5. The first-order valence-corrected chi connectivity index (χ1v) is 9.95. The molecule has 7 heteroatoms. The molecule has 3 rings (SSSR count). The van der Waals surface area contributed by atoms with Crippen LogP contribution in [-0.2, 0) is 17.8 Å². The van der Waals surface area contributed by atoms with Gasteiger partial charge in [0.2, 0.25) is 0 Å². The molecule has 1 aliphatic rings. The van der Waals surface area contributed by atoms with E-state index in [-0.39, 0.29) is 6.03 Å². The minimum absolute atomic E-state index is 0.144. The van der Waals surface area contributed by atoms with Crippen LogP contribution in [0.5, 0.6) is 0 Å². The molecule has 1 aliphatic heterocycles. The van der Waals surface area contributed by atoms with E-state index in [1.165, 1.54) is 5.56 Å². The molecular formula is C21H31N5O2. The number of nitrogens with one attached hydrogen (secondary N) is 2. The Morgan fingerprint density at radius 1 is 1.18 bits per heavy atom. The Morgan fingerprint density at radius 3 is 2.61 bits per heavy atom. The molecule has 28 heavy (non-hydrogen) atoms. The number of carbonyl (C=O) groups excluding carboxylic acids is 1. The summed E-state index contributed by atoms with van der Waals surface area (Å²) in [5.41, 5.74) is 4.33. The zero-order chi connectivity index (χ0) is 19.9. The number of amides is 2. The number of aryl methyl sites for hydroxylation is 1. The van der Waals surface area contributed by atoms with E-state index in [1.54, 1.807) is 0 Å². The third-order valence-electron chi connectivity index (χ3n) is 5.36. The van der Waals surface area contributed by atoms with Gasteiger partial charge in [-0.05, 0) is 26.3 Å². The average molecular weight is 386 g/mol. The van der Waals surface area contributed by atoms with Crippen LogP contribution in [0.1, 0.15) is 29.4 Å². The van der Waals surface area contributed by atoms with Crippen molar-refractivity contribution in [3.05, 3.63) is 52.8 Å². The normalized spacial score (nSPS) is 16.0. The van der Waals surface area contributed by atoms with Crippen molar-refractivity contribution in [1.82, 2.24) is 25.3 Å². The molecule has 0 bridgehead atoms. The summed E-state index contributed by atoms with van der Waals surface area (Å²) in [5.74, 6) is 0. The van der Waals surface area contributed by atoms with Gasteiger partial charge in [-0.15, -0.1) is 0 Å². The van der Waals surface area contributed by atoms with Crippen LogP contribution in [-0.4, -0.2) is 59.6 Å². The van der Waals surface area contributed by atoms with Gasteiger partial charge in [0, 0.05) is 43.5 Å². The fourth-order valence-electron chi connectivity index (χ4n) is 3.52. The van der Waals surface area contributed by atoms with Gasteiger partial charge in [-0.2, -0.15) is 5.10 Å². The Kier molecular flexibility index (Phi) is 7.06. The summed E-state index contributed by atoms with van der Waals surface area (Å²) < 4.78 is 7.38. The Labute approximate surface area is 167 Å². The highest BCUT2D eigenvalue weighted by Gasteiger charge is 2.18. The van der Waals surface area contributed by atoms with E-state index in [0.29, 0.717) is 19.1 Å². The van der Waals surface area contributed by atoms with Crippen LogP contribution in [0, 0.1) is 13.8 Å². The van der Waals surface area contributed by atoms with Crippen LogP contribution in [0.15, 0.2) is 30.3 Å². The number of rotatable bonds is 7. The van der Waals surface area contributed by atoms with E-state index in [0.717, 1.165) is 49.8 Å². The summed E-state index contributed by atoms with van der Waals surface area (Å²) in [7, 11) is 0. The van der Waals surface area contributed by atoms with Gasteiger partial charge in [0.25, 0.3) is 0 Å². The fourth-order valence-corrected chi connectivity index (χ4v) is 3.52. The summed E-state index contributed by atoms with van der Waals surface area (Å²) in [6.45, 7) is 11.4. The molecular weight excluding hydrogens is 354 g/mol. The lowest BCUT2D eigenvalue weighted by atomic mass is 10.2. The molecule has 1 aromatic carbocycles. The number of hydrogen-bond acceptors (Lipinski definition) is 4. The molecule has 0 spiro atoms. The third kappa shape index (κ3) is 5.33. The molecule has 0 saturated carbocycles. The monoisotopic (exact) mass is 385 g/mol. The Hall–Kier alpha value is -2.38. The minimum Gasteiger partial charge on any atom is -0.379 e. The molecule has 7 nitrogen and oxygen atoms in total. The number of morpholine rings is 1. The van der Waals surface area contributed by atoms with Gasteiger partial charge >= 0.3 is 6.03 Å². The van der Waals surface area contributed by atoms with Crippen LogP contribution < -0.4 is 10.6 Å². The van der Waals surface area contributed by atoms with Crippen molar-refractivity contribution >= 4 is 6.03 Å². The molecule has 152 valence electrons. The second-order valence-electron chi connectivity index (χ2n) is 7.35. The first kappa shape index (κ1) is 20.4. The maximum Gasteiger partial charge on any atom is 0.315 e. The molecule has 1 saturated heterocycles. The maximum absolute atomic E-state index is 12.2. The van der Waals surface area contributed by atoms with Crippen LogP contribution in [0.4, 0.5) is 4.79 Å². The van der Waals surface area contributed by atoms with Gasteiger partial charge in [0.1, 0.15) is 0 Å². The van der Waals surface area contributed by atoms with Crippen molar-refractivity contribution < 1.29 is 9.53 Å². The SMILES string of the molecule is Cc1nn(Cc2ccccc2)c(C)c1CNC(=O)NCC(C)N1CCOCC1. The largest absolute Gasteiger partial charge is 0.379 e. The predicted molar refractivity (Wildman–Crippen MR) is 109 cm³/mol. The molecule has 2 amide bonds. The second-order valence-corrected chi connectivity index (χ2v) is 7.35. The molecule has 2 aromatic rings. The summed E-state index contributed by atoms with van der Waals surface area (Å²) in [6, 6.07) is 10.4. The standard InChI is InChI=1S/C21H31N5O2/c1-16(25-9-11-28-12-10-25)13-22-21(27)23-14-20-17(2)24-26(18(20)3)15-19-7-5-4-6-8-19/h4-8,16H,9-15H2,1-3H3,(H2,22,23,27). The van der Waals surface area contributed by atoms with Gasteiger partial charge < -0.3 is 15.4 Å². The quantitative estimate of drug-likeness (QED) is 0.765. The van der Waals surface area contributed by atoms with Crippen molar-refractivity contribution in [2.45, 2.75) is 39.9 Å². The summed E-state index contributed by atoms with van der Waals surface area (Å²) in [6.07, 6.45) is 0. The topological polar surface area (TPSA) is 71.4 Å². The molecule has 1 fully saturated rings. The van der Waals surface area contributed by atoms with E-state index in [1.807, 2.05) is 29.8 Å². The van der Waals surface area contributed by atoms with E-state index < -0.39 is 0 Å². The molecule has 1 unspecified atom stereocenters. The first-order valence-electron chi connectivity index (χ1n) is 9.95. The van der Waals surface area contributed by atoms with Crippen molar-refractivity contribution in [2.75, 3.05) is 32.8 Å². The zero-order valence-corrected chi connectivity index (χ0v) is 17.1. The highest BCUT2D eigenvalue weighted by molar-refractivity contribution is 5.73. The average Bonchev–Trinajstić information content (AvgIpc) is 2.98. The zero-order valence-electron chi connectivity index (χ0n) is 17.1. The molecule has 1 aromatic heterocycles. The lowest BCUT2D eigenvalue weighted by Gasteiger charge is -2.32. The smallest absolute Gasteiger partial charge is 0.315 e. The van der Waals surface area contributed by atoms with Crippen LogP contribution in [0.2, 0.25) is 0 Å². The lowest BCUT2D eigenvalue weighted by Crippen LogP contribution is -2.48. The summed E-state index contributed by atoms with van der Waals surface area (Å²) in [5, 5.41) is 10.6. The van der Waals surface area contributed by atoms with Gasteiger partial charge in [-0.25, -0.2) is 4.79 Å². The number of ether oxygens (including phenoxy) is 1. The Balaban J connectivity index is 1.49. The fraction of sp³-hybridized carbons (Fsp3) is 0.524. The van der Waals surface area contributed by atoms with E-state index >= 15 is 0 Å². The molecule has 2 heterocycles. The van der Waals surface area contributed by atoms with Crippen molar-refractivity contribution in [3.8, 4) is 0 Å². The van der Waals surface area contributed by atoms with E-state index in [2.05, 4.69) is 46.6 Å². The minimum atomic E-state index is -0.144. The van der Waals surface area contributed by atoms with Crippen molar-refractivity contribution in [2.24, 2.45) is 0 Å². The van der Waals surface area contributed by atoms with Gasteiger partial charge in [0.05, 0.1) is 25.5 Å². The Morgan fingerprint density at radius 2 is 1.89 bits per heavy atom. The van der Waals surface area contributed by atoms with Gasteiger partial charge in [-0.3, -0.25) is 9.58 Å². The number of benzene rings is 1. The van der Waals surface area contributed by atoms with Crippen molar-refractivity contribution in [3.63, 3.8) is 0 Å². The van der Waals surface area contributed by atoms with Gasteiger partial charge in [0.15, 0.2) is 0 Å². The van der Waals surface area contributed by atoms with Crippen LogP contribution in [0.25, 0.3) is 0 Å². The third-order valence-corrected chi connectivity index (χ3v) is 5.36. The number of urea groups is 1. The second kappa shape index (κ2) is 9.71. The van der Waals surface area contributed by atoms with E-state index in [4.69, 9.17) is 4.74 Å². The van der Waals surface area contributed by atoms with Crippen LogP contribution in [0.3, 0.4) is 0 Å². The molecule has 2 N–H and O–H groups in total.